The topological polar surface area (TPSA) is 54.0 Å². The van der Waals surface area contributed by atoms with Crippen molar-refractivity contribution in [1.29, 1.82) is 0 Å². The number of amides is 1. The number of pyridine rings is 1. The lowest BCUT2D eigenvalue weighted by atomic mass is 10.2. The number of carbonyl (C=O) groups excluding carboxylic acids is 1. The molecule has 2 aromatic rings. The van der Waals surface area contributed by atoms with Crippen molar-refractivity contribution >= 4 is 17.4 Å². The zero-order valence-electron chi connectivity index (χ0n) is 10.7. The standard InChI is InChI=1S/C14H14FN3O/c1-9-10(15)5-3-6-11(9)18-14(19)12-7-4-8-13(16-2)17-12/h3-8H,1-2H3,(H,16,17)(H,18,19). The largest absolute Gasteiger partial charge is 0.373 e. The van der Waals surface area contributed by atoms with E-state index < -0.39 is 0 Å². The molecule has 0 spiro atoms. The fourth-order valence-electron chi connectivity index (χ4n) is 1.63. The Morgan fingerprint density at radius 2 is 1.95 bits per heavy atom. The van der Waals surface area contributed by atoms with Crippen molar-refractivity contribution in [1.82, 2.24) is 4.98 Å². The first-order valence-electron chi connectivity index (χ1n) is 5.83. The predicted octanol–water partition coefficient (Wildman–Crippen LogP) is 2.82. The number of halogens is 1. The second kappa shape index (κ2) is 5.48. The molecule has 19 heavy (non-hydrogen) atoms. The van der Waals surface area contributed by atoms with Gasteiger partial charge in [0.1, 0.15) is 17.3 Å². The molecule has 1 amide bonds. The lowest BCUT2D eigenvalue weighted by Crippen LogP contribution is -2.15. The fourth-order valence-corrected chi connectivity index (χ4v) is 1.63. The van der Waals surface area contributed by atoms with Crippen molar-refractivity contribution in [3.05, 3.63) is 53.5 Å². The van der Waals surface area contributed by atoms with Crippen LogP contribution in [0, 0.1) is 12.7 Å². The van der Waals surface area contributed by atoms with Crippen molar-refractivity contribution in [2.75, 3.05) is 17.7 Å². The van der Waals surface area contributed by atoms with Gasteiger partial charge in [-0.25, -0.2) is 9.37 Å². The van der Waals surface area contributed by atoms with E-state index in [-0.39, 0.29) is 17.4 Å². The number of aromatic nitrogens is 1. The molecule has 2 N–H and O–H groups in total. The van der Waals surface area contributed by atoms with E-state index in [1.165, 1.54) is 6.07 Å². The first-order chi connectivity index (χ1) is 9.11. The molecule has 1 aromatic carbocycles. The van der Waals surface area contributed by atoms with Crippen LogP contribution in [0.1, 0.15) is 16.1 Å². The molecule has 0 unspecified atom stereocenters. The molecule has 0 bridgehead atoms. The smallest absolute Gasteiger partial charge is 0.274 e. The van der Waals surface area contributed by atoms with Crippen LogP contribution in [-0.4, -0.2) is 17.9 Å². The van der Waals surface area contributed by atoms with E-state index in [1.54, 1.807) is 44.3 Å². The van der Waals surface area contributed by atoms with Crippen LogP contribution >= 0.6 is 0 Å². The Bertz CT molecular complexity index is 613. The average Bonchev–Trinajstić information content (AvgIpc) is 2.44. The molecule has 0 atom stereocenters. The van der Waals surface area contributed by atoms with Gasteiger partial charge in [0.2, 0.25) is 0 Å². The molecule has 5 heteroatoms. The zero-order valence-corrected chi connectivity index (χ0v) is 10.7. The molecule has 0 radical (unpaired) electrons. The highest BCUT2D eigenvalue weighted by molar-refractivity contribution is 6.03. The van der Waals surface area contributed by atoms with Crippen LogP contribution in [0.5, 0.6) is 0 Å². The number of rotatable bonds is 3. The van der Waals surface area contributed by atoms with Gasteiger partial charge >= 0.3 is 0 Å². The Morgan fingerprint density at radius 1 is 1.21 bits per heavy atom. The van der Waals surface area contributed by atoms with Crippen molar-refractivity contribution < 1.29 is 9.18 Å². The number of anilines is 2. The van der Waals surface area contributed by atoms with Gasteiger partial charge in [0.25, 0.3) is 5.91 Å². The molecule has 4 nitrogen and oxygen atoms in total. The lowest BCUT2D eigenvalue weighted by molar-refractivity contribution is 0.102. The van der Waals surface area contributed by atoms with Crippen LogP contribution < -0.4 is 10.6 Å². The molecule has 1 heterocycles. The van der Waals surface area contributed by atoms with Crippen molar-refractivity contribution in [3.63, 3.8) is 0 Å². The first kappa shape index (κ1) is 13.0. The maximum atomic E-state index is 13.4. The molecular formula is C14H14FN3O. The van der Waals surface area contributed by atoms with Crippen LogP contribution in [0.2, 0.25) is 0 Å². The Labute approximate surface area is 110 Å². The quantitative estimate of drug-likeness (QED) is 0.891. The SMILES string of the molecule is CNc1cccc(C(=O)Nc2cccc(F)c2C)n1. The minimum Gasteiger partial charge on any atom is -0.373 e. The fraction of sp³-hybridized carbons (Fsp3) is 0.143. The summed E-state index contributed by atoms with van der Waals surface area (Å²) in [5, 5.41) is 5.50. The average molecular weight is 259 g/mol. The Hall–Kier alpha value is -2.43. The monoisotopic (exact) mass is 259 g/mol. The van der Waals surface area contributed by atoms with Gasteiger partial charge in [-0.1, -0.05) is 12.1 Å². The van der Waals surface area contributed by atoms with Gasteiger partial charge in [-0.05, 0) is 31.2 Å². The highest BCUT2D eigenvalue weighted by Gasteiger charge is 2.11. The first-order valence-corrected chi connectivity index (χ1v) is 5.83. The second-order valence-corrected chi connectivity index (χ2v) is 4.02. The van der Waals surface area contributed by atoms with Gasteiger partial charge in [-0.2, -0.15) is 0 Å². The van der Waals surface area contributed by atoms with E-state index in [0.717, 1.165) is 0 Å². The van der Waals surface area contributed by atoms with E-state index in [2.05, 4.69) is 15.6 Å². The van der Waals surface area contributed by atoms with Gasteiger partial charge in [-0.15, -0.1) is 0 Å². The summed E-state index contributed by atoms with van der Waals surface area (Å²) < 4.78 is 13.4. The summed E-state index contributed by atoms with van der Waals surface area (Å²) in [6.07, 6.45) is 0. The molecule has 2 rings (SSSR count). The van der Waals surface area contributed by atoms with Gasteiger partial charge in [-0.3, -0.25) is 4.79 Å². The van der Waals surface area contributed by atoms with E-state index in [0.29, 0.717) is 17.1 Å². The van der Waals surface area contributed by atoms with E-state index in [9.17, 15) is 9.18 Å². The number of nitrogens with zero attached hydrogens (tertiary/aromatic N) is 1. The molecule has 0 saturated carbocycles. The van der Waals surface area contributed by atoms with Crippen LogP contribution in [0.3, 0.4) is 0 Å². The van der Waals surface area contributed by atoms with Crippen molar-refractivity contribution in [2.24, 2.45) is 0 Å². The van der Waals surface area contributed by atoms with Crippen molar-refractivity contribution in [3.8, 4) is 0 Å². The summed E-state index contributed by atoms with van der Waals surface area (Å²) in [4.78, 5) is 16.1. The molecule has 1 aromatic heterocycles. The third kappa shape index (κ3) is 2.88. The van der Waals surface area contributed by atoms with Gasteiger partial charge in [0, 0.05) is 18.3 Å². The number of carbonyl (C=O) groups is 1. The number of benzene rings is 1. The van der Waals surface area contributed by atoms with Crippen molar-refractivity contribution in [2.45, 2.75) is 6.92 Å². The van der Waals surface area contributed by atoms with Gasteiger partial charge < -0.3 is 10.6 Å². The Morgan fingerprint density at radius 3 is 2.68 bits per heavy atom. The van der Waals surface area contributed by atoms with Gasteiger partial charge in [0.05, 0.1) is 0 Å². The highest BCUT2D eigenvalue weighted by Crippen LogP contribution is 2.18. The normalized spacial score (nSPS) is 10.1. The second-order valence-electron chi connectivity index (χ2n) is 4.02. The molecule has 0 fully saturated rings. The third-order valence-corrected chi connectivity index (χ3v) is 2.75. The minimum atomic E-state index is -0.370. The Balaban J connectivity index is 2.23. The summed E-state index contributed by atoms with van der Waals surface area (Å²) in [5.41, 5.74) is 1.12. The lowest BCUT2D eigenvalue weighted by Gasteiger charge is -2.09. The molecule has 0 aliphatic carbocycles. The molecular weight excluding hydrogens is 245 g/mol. The summed E-state index contributed by atoms with van der Waals surface area (Å²) in [6.45, 7) is 1.61. The third-order valence-electron chi connectivity index (χ3n) is 2.75. The summed E-state index contributed by atoms with van der Waals surface area (Å²) in [5.74, 6) is -0.121. The van der Waals surface area contributed by atoms with Crippen LogP contribution in [-0.2, 0) is 0 Å². The molecule has 98 valence electrons. The van der Waals surface area contributed by atoms with Crippen LogP contribution in [0.25, 0.3) is 0 Å². The van der Waals surface area contributed by atoms with Gasteiger partial charge in [0.15, 0.2) is 0 Å². The minimum absolute atomic E-state index is 0.274. The number of hydrogen-bond donors (Lipinski definition) is 2. The number of hydrogen-bond acceptors (Lipinski definition) is 3. The maximum absolute atomic E-state index is 13.4. The summed E-state index contributed by atoms with van der Waals surface area (Å²) in [7, 11) is 1.72. The number of nitrogens with one attached hydrogen (secondary N) is 2. The Kier molecular flexibility index (Phi) is 3.75. The van der Waals surface area contributed by atoms with E-state index in [1.807, 2.05) is 0 Å². The zero-order chi connectivity index (χ0) is 13.8. The van der Waals surface area contributed by atoms with Crippen LogP contribution in [0.4, 0.5) is 15.9 Å². The van der Waals surface area contributed by atoms with Crippen LogP contribution in [0.15, 0.2) is 36.4 Å². The summed E-state index contributed by atoms with van der Waals surface area (Å²) >= 11 is 0. The summed E-state index contributed by atoms with van der Waals surface area (Å²) in [6, 6.07) is 9.64. The molecule has 0 saturated heterocycles. The predicted molar refractivity (Wildman–Crippen MR) is 72.9 cm³/mol. The van der Waals surface area contributed by atoms with E-state index in [4.69, 9.17) is 0 Å². The maximum Gasteiger partial charge on any atom is 0.274 e. The van der Waals surface area contributed by atoms with E-state index >= 15 is 0 Å². The molecule has 0 aliphatic rings. The highest BCUT2D eigenvalue weighted by atomic mass is 19.1. The molecule has 0 aliphatic heterocycles.